The summed E-state index contributed by atoms with van der Waals surface area (Å²) in [4.78, 5) is 49.3. The Labute approximate surface area is 191 Å². The number of carboxylic acids is 1. The summed E-state index contributed by atoms with van der Waals surface area (Å²) in [5, 5.41) is 15.3. The number of nitrogens with one attached hydrogen (secondary N) is 2. The summed E-state index contributed by atoms with van der Waals surface area (Å²) < 4.78 is 0.390. The third-order valence-corrected chi connectivity index (χ3v) is 6.98. The van der Waals surface area contributed by atoms with Gasteiger partial charge in [-0.05, 0) is 37.1 Å². The third kappa shape index (κ3) is 5.11. The van der Waals surface area contributed by atoms with Gasteiger partial charge < -0.3 is 5.11 Å². The molecule has 0 saturated heterocycles. The first-order valence-corrected chi connectivity index (χ1v) is 11.5. The van der Waals surface area contributed by atoms with Crippen LogP contribution < -0.4 is 10.6 Å². The van der Waals surface area contributed by atoms with Crippen molar-refractivity contribution in [3.8, 4) is 0 Å². The van der Waals surface area contributed by atoms with Crippen molar-refractivity contribution in [3.05, 3.63) is 54.0 Å². The van der Waals surface area contributed by atoms with Crippen molar-refractivity contribution < 1.29 is 19.5 Å². The second-order valence-corrected chi connectivity index (χ2v) is 9.34. The van der Waals surface area contributed by atoms with Crippen molar-refractivity contribution in [1.82, 2.24) is 15.0 Å². The number of amides is 2. The van der Waals surface area contributed by atoms with Gasteiger partial charge in [0.2, 0.25) is 0 Å². The number of thiazole rings is 1. The lowest BCUT2D eigenvalue weighted by Gasteiger charge is -2.12. The van der Waals surface area contributed by atoms with Crippen LogP contribution in [0.15, 0.2) is 52.0 Å². The molecule has 0 spiro atoms. The Bertz CT molecular complexity index is 1150. The predicted octanol–water partition coefficient (Wildman–Crippen LogP) is 4.80. The number of hydrogen-bond donors (Lipinski definition) is 3. The first kappa shape index (κ1) is 21.9. The van der Waals surface area contributed by atoms with Crippen LogP contribution in [0.4, 0.5) is 15.7 Å². The van der Waals surface area contributed by atoms with E-state index in [1.807, 2.05) is 0 Å². The number of Topliss-reactive ketones (excluding diaryl/α,β-unsaturated/α-hetero) is 1. The van der Waals surface area contributed by atoms with Gasteiger partial charge in [0.15, 0.2) is 16.6 Å². The zero-order chi connectivity index (χ0) is 22.5. The van der Waals surface area contributed by atoms with E-state index in [9.17, 15) is 19.5 Å². The van der Waals surface area contributed by atoms with Crippen molar-refractivity contribution in [3.63, 3.8) is 0 Å². The van der Waals surface area contributed by atoms with Crippen LogP contribution in [-0.4, -0.2) is 37.8 Å². The van der Waals surface area contributed by atoms with Crippen LogP contribution in [0, 0.1) is 5.92 Å². The highest BCUT2D eigenvalue weighted by Gasteiger charge is 2.27. The Balaban J connectivity index is 1.48. The molecule has 0 unspecified atom stereocenters. The molecule has 164 valence electrons. The largest absolute Gasteiger partial charge is 0.476 e. The van der Waals surface area contributed by atoms with E-state index in [1.54, 1.807) is 36.5 Å². The number of carboxylic acid groups (broad SMARTS) is 1. The summed E-state index contributed by atoms with van der Waals surface area (Å²) >= 11 is 2.17. The number of aromatic nitrogens is 3. The molecule has 3 aromatic heterocycles. The lowest BCUT2D eigenvalue weighted by molar-refractivity contribution is 0.0687. The van der Waals surface area contributed by atoms with E-state index in [4.69, 9.17) is 0 Å². The fourth-order valence-corrected chi connectivity index (χ4v) is 5.44. The van der Waals surface area contributed by atoms with Crippen LogP contribution in [0.25, 0.3) is 0 Å². The highest BCUT2D eigenvalue weighted by molar-refractivity contribution is 8.01. The maximum absolute atomic E-state index is 12.8. The number of anilines is 2. The first-order valence-electron chi connectivity index (χ1n) is 9.91. The van der Waals surface area contributed by atoms with Crippen LogP contribution in [0.3, 0.4) is 0 Å². The number of carbonyl (C=O) groups excluding carboxylic acids is 2. The molecule has 11 heteroatoms. The van der Waals surface area contributed by atoms with E-state index < -0.39 is 12.0 Å². The summed E-state index contributed by atoms with van der Waals surface area (Å²) in [7, 11) is 0. The van der Waals surface area contributed by atoms with Gasteiger partial charge in [0.1, 0.15) is 15.1 Å². The SMILES string of the molecule is O=C(Nc1nc(C(=O)O)c(Sc2ccccn2)s1)Nc1ncccc1C(=O)C1CCCC1. The summed E-state index contributed by atoms with van der Waals surface area (Å²) in [6, 6.07) is 7.95. The minimum absolute atomic E-state index is 0.0256. The zero-order valence-electron chi connectivity index (χ0n) is 16.8. The van der Waals surface area contributed by atoms with Gasteiger partial charge in [0, 0.05) is 18.3 Å². The molecule has 1 aliphatic carbocycles. The highest BCUT2D eigenvalue weighted by atomic mass is 32.2. The monoisotopic (exact) mass is 469 g/mol. The molecule has 3 N–H and O–H groups in total. The van der Waals surface area contributed by atoms with E-state index in [1.165, 1.54) is 6.20 Å². The molecule has 0 bridgehead atoms. The Morgan fingerprint density at radius 2 is 1.81 bits per heavy atom. The maximum atomic E-state index is 12.8. The molecular weight excluding hydrogens is 450 g/mol. The zero-order valence-corrected chi connectivity index (χ0v) is 18.4. The van der Waals surface area contributed by atoms with E-state index in [0.29, 0.717) is 14.8 Å². The number of nitrogens with zero attached hydrogens (tertiary/aromatic N) is 3. The minimum atomic E-state index is -1.21. The van der Waals surface area contributed by atoms with Gasteiger partial charge in [0.05, 0.1) is 5.56 Å². The highest BCUT2D eigenvalue weighted by Crippen LogP contribution is 2.36. The van der Waals surface area contributed by atoms with Crippen molar-refractivity contribution >= 4 is 51.8 Å². The fourth-order valence-electron chi connectivity index (χ4n) is 3.41. The number of rotatable bonds is 7. The summed E-state index contributed by atoms with van der Waals surface area (Å²) in [5.41, 5.74) is 0.196. The molecule has 0 radical (unpaired) electrons. The molecule has 1 saturated carbocycles. The molecular formula is C21H19N5O4S2. The Hall–Kier alpha value is -3.31. The van der Waals surface area contributed by atoms with Crippen LogP contribution in [0.1, 0.15) is 46.5 Å². The van der Waals surface area contributed by atoms with Crippen LogP contribution in [-0.2, 0) is 0 Å². The molecule has 2 amide bonds. The molecule has 4 rings (SSSR count). The number of carbonyl (C=O) groups is 3. The third-order valence-electron chi connectivity index (χ3n) is 4.89. The molecule has 3 heterocycles. The quantitative estimate of drug-likeness (QED) is 0.420. The number of pyridine rings is 2. The van der Waals surface area contributed by atoms with Gasteiger partial charge >= 0.3 is 12.0 Å². The second-order valence-electron chi connectivity index (χ2n) is 7.05. The summed E-state index contributed by atoms with van der Waals surface area (Å²) in [5.74, 6) is -1.12. The molecule has 9 nitrogen and oxygen atoms in total. The van der Waals surface area contributed by atoms with E-state index in [2.05, 4.69) is 25.6 Å². The number of ketones is 1. The molecule has 32 heavy (non-hydrogen) atoms. The average molecular weight is 470 g/mol. The van der Waals surface area contributed by atoms with Gasteiger partial charge in [-0.1, -0.05) is 42.0 Å². The van der Waals surface area contributed by atoms with Crippen LogP contribution >= 0.6 is 23.1 Å². The van der Waals surface area contributed by atoms with Gasteiger partial charge in [-0.15, -0.1) is 0 Å². The lowest BCUT2D eigenvalue weighted by atomic mass is 9.97. The van der Waals surface area contributed by atoms with Crippen molar-refractivity contribution in [2.24, 2.45) is 5.92 Å². The Morgan fingerprint density at radius 1 is 1.03 bits per heavy atom. The van der Waals surface area contributed by atoms with E-state index >= 15 is 0 Å². The number of urea groups is 1. The van der Waals surface area contributed by atoms with Crippen molar-refractivity contribution in [2.45, 2.75) is 34.9 Å². The summed E-state index contributed by atoms with van der Waals surface area (Å²) in [6.07, 6.45) is 6.83. The van der Waals surface area contributed by atoms with Crippen LogP contribution in [0.5, 0.6) is 0 Å². The van der Waals surface area contributed by atoms with Crippen LogP contribution in [0.2, 0.25) is 0 Å². The molecule has 1 fully saturated rings. The topological polar surface area (TPSA) is 134 Å². The lowest BCUT2D eigenvalue weighted by Crippen LogP contribution is -2.23. The van der Waals surface area contributed by atoms with E-state index in [-0.39, 0.29) is 28.3 Å². The molecule has 3 aromatic rings. The average Bonchev–Trinajstić information content (AvgIpc) is 3.45. The van der Waals surface area contributed by atoms with Gasteiger partial charge in [-0.3, -0.25) is 15.4 Å². The predicted molar refractivity (Wildman–Crippen MR) is 121 cm³/mol. The van der Waals surface area contributed by atoms with Crippen molar-refractivity contribution in [1.29, 1.82) is 0 Å². The van der Waals surface area contributed by atoms with Gasteiger partial charge in [0.25, 0.3) is 0 Å². The summed E-state index contributed by atoms with van der Waals surface area (Å²) in [6.45, 7) is 0. The fraction of sp³-hybridized carbons (Fsp3) is 0.238. The number of hydrogen-bond acceptors (Lipinski definition) is 8. The maximum Gasteiger partial charge on any atom is 0.356 e. The Morgan fingerprint density at radius 3 is 2.53 bits per heavy atom. The van der Waals surface area contributed by atoms with Gasteiger partial charge in [-0.2, -0.15) is 0 Å². The van der Waals surface area contributed by atoms with Crippen molar-refractivity contribution in [2.75, 3.05) is 10.6 Å². The first-order chi connectivity index (χ1) is 15.5. The minimum Gasteiger partial charge on any atom is -0.476 e. The smallest absolute Gasteiger partial charge is 0.356 e. The standard InChI is InChI=1S/C21H19N5O4S2/c27-16(12-6-1-2-7-12)13-8-5-11-23-17(13)25-20(30)26-21-24-15(18(28)29)19(32-21)31-14-9-3-4-10-22-14/h3-5,8-12H,1-2,6-7H2,(H,28,29)(H2,23,24,25,26,30). The second kappa shape index (κ2) is 9.88. The van der Waals surface area contributed by atoms with Gasteiger partial charge in [-0.25, -0.2) is 24.5 Å². The van der Waals surface area contributed by atoms with E-state index in [0.717, 1.165) is 48.8 Å². The number of aromatic carboxylic acids is 1. The molecule has 0 aromatic carbocycles. The molecule has 0 aliphatic heterocycles. The normalized spacial score (nSPS) is 13.6. The molecule has 1 aliphatic rings. The Kier molecular flexibility index (Phi) is 6.76. The molecule has 0 atom stereocenters.